The molecule has 19 heavy (non-hydrogen) atoms. The Bertz CT molecular complexity index is 493. The minimum Gasteiger partial charge on any atom is -0.481 e. The minimum atomic E-state index is -0.954. The van der Waals surface area contributed by atoms with Crippen molar-refractivity contribution in [1.82, 2.24) is 4.90 Å². The Morgan fingerprint density at radius 1 is 1.47 bits per heavy atom. The lowest BCUT2D eigenvalue weighted by atomic mass is 10.1. The highest BCUT2D eigenvalue weighted by Crippen LogP contribution is 2.20. The topological polar surface area (TPSA) is 57.6 Å². The fourth-order valence-corrected chi connectivity index (χ4v) is 2.12. The molecule has 0 saturated heterocycles. The maximum absolute atomic E-state index is 13.0. The van der Waals surface area contributed by atoms with Crippen molar-refractivity contribution < 1.29 is 19.1 Å². The first-order chi connectivity index (χ1) is 8.86. The zero-order chi connectivity index (χ0) is 14.6. The van der Waals surface area contributed by atoms with Gasteiger partial charge in [-0.2, -0.15) is 0 Å². The number of rotatable bonds is 5. The van der Waals surface area contributed by atoms with Gasteiger partial charge >= 0.3 is 5.97 Å². The second-order valence-corrected chi connectivity index (χ2v) is 5.06. The fraction of sp³-hybridized carbons (Fsp3) is 0.385. The largest absolute Gasteiger partial charge is 0.481 e. The van der Waals surface area contributed by atoms with Crippen LogP contribution in [0, 0.1) is 11.7 Å². The van der Waals surface area contributed by atoms with E-state index in [-0.39, 0.29) is 12.5 Å². The van der Waals surface area contributed by atoms with Crippen LogP contribution >= 0.6 is 15.9 Å². The van der Waals surface area contributed by atoms with Crippen LogP contribution in [0.3, 0.4) is 0 Å². The minimum absolute atomic E-state index is 0.120. The van der Waals surface area contributed by atoms with Gasteiger partial charge in [0.05, 0.1) is 11.5 Å². The van der Waals surface area contributed by atoms with Gasteiger partial charge in [-0.1, -0.05) is 6.92 Å². The van der Waals surface area contributed by atoms with Gasteiger partial charge in [-0.25, -0.2) is 4.39 Å². The van der Waals surface area contributed by atoms with Crippen LogP contribution in [0.1, 0.15) is 24.2 Å². The SMILES string of the molecule is CCN(CC(C)C(=O)O)C(=O)c1ccc(F)cc1Br. The van der Waals surface area contributed by atoms with Gasteiger partial charge in [-0.3, -0.25) is 9.59 Å². The van der Waals surface area contributed by atoms with Crippen molar-refractivity contribution in [3.63, 3.8) is 0 Å². The second-order valence-electron chi connectivity index (χ2n) is 4.21. The van der Waals surface area contributed by atoms with Crippen LogP contribution in [0.15, 0.2) is 22.7 Å². The Morgan fingerprint density at radius 2 is 2.11 bits per heavy atom. The fourth-order valence-electron chi connectivity index (χ4n) is 1.60. The number of amides is 1. The number of carboxylic acids is 1. The van der Waals surface area contributed by atoms with Gasteiger partial charge in [0.15, 0.2) is 0 Å². The van der Waals surface area contributed by atoms with Crippen molar-refractivity contribution >= 4 is 27.8 Å². The third kappa shape index (κ3) is 4.02. The summed E-state index contributed by atoms with van der Waals surface area (Å²) < 4.78 is 13.3. The van der Waals surface area contributed by atoms with Gasteiger partial charge in [0, 0.05) is 17.6 Å². The Labute approximate surface area is 119 Å². The molecule has 1 amide bonds. The molecule has 0 bridgehead atoms. The normalized spacial score (nSPS) is 12.0. The highest BCUT2D eigenvalue weighted by atomic mass is 79.9. The zero-order valence-corrected chi connectivity index (χ0v) is 12.3. The van der Waals surface area contributed by atoms with E-state index < -0.39 is 17.7 Å². The molecule has 1 aromatic rings. The molecule has 0 aliphatic rings. The molecule has 0 saturated carbocycles. The van der Waals surface area contributed by atoms with Gasteiger partial charge in [0.1, 0.15) is 5.82 Å². The predicted octanol–water partition coefficient (Wildman–Crippen LogP) is 2.77. The Kier molecular flexibility index (Phi) is 5.47. The molecule has 1 unspecified atom stereocenters. The van der Waals surface area contributed by atoms with Crippen LogP contribution in [0.4, 0.5) is 4.39 Å². The van der Waals surface area contributed by atoms with Crippen LogP contribution in [0.25, 0.3) is 0 Å². The maximum atomic E-state index is 13.0. The molecular weight excluding hydrogens is 317 g/mol. The molecule has 0 aromatic heterocycles. The molecule has 0 aliphatic carbocycles. The van der Waals surface area contributed by atoms with Crippen molar-refractivity contribution in [1.29, 1.82) is 0 Å². The van der Waals surface area contributed by atoms with Crippen molar-refractivity contribution in [3.8, 4) is 0 Å². The molecule has 1 aromatic carbocycles. The summed E-state index contributed by atoms with van der Waals surface area (Å²) in [7, 11) is 0. The molecule has 1 atom stereocenters. The lowest BCUT2D eigenvalue weighted by Crippen LogP contribution is -2.36. The number of aliphatic carboxylic acids is 1. The molecule has 0 heterocycles. The number of halogens is 2. The smallest absolute Gasteiger partial charge is 0.308 e. The third-order valence-corrected chi connectivity index (χ3v) is 3.40. The molecule has 0 spiro atoms. The summed E-state index contributed by atoms with van der Waals surface area (Å²) in [4.78, 5) is 24.5. The molecule has 0 aliphatic heterocycles. The van der Waals surface area contributed by atoms with Gasteiger partial charge in [-0.05, 0) is 41.1 Å². The average Bonchev–Trinajstić information content (AvgIpc) is 2.34. The molecular formula is C13H15BrFNO3. The highest BCUT2D eigenvalue weighted by molar-refractivity contribution is 9.10. The molecule has 104 valence electrons. The van der Waals surface area contributed by atoms with E-state index in [1.165, 1.54) is 30.0 Å². The standard InChI is InChI=1S/C13H15BrFNO3/c1-3-16(7-8(2)13(18)19)12(17)10-5-4-9(15)6-11(10)14/h4-6,8H,3,7H2,1-2H3,(H,18,19). The first kappa shape index (κ1) is 15.6. The monoisotopic (exact) mass is 331 g/mol. The predicted molar refractivity (Wildman–Crippen MR) is 72.5 cm³/mol. The van der Waals surface area contributed by atoms with Crippen LogP contribution < -0.4 is 0 Å². The van der Waals surface area contributed by atoms with E-state index in [2.05, 4.69) is 15.9 Å². The van der Waals surface area contributed by atoms with Crippen LogP contribution in [0.2, 0.25) is 0 Å². The van der Waals surface area contributed by atoms with E-state index in [9.17, 15) is 14.0 Å². The number of carboxylic acid groups (broad SMARTS) is 1. The lowest BCUT2D eigenvalue weighted by molar-refractivity contribution is -0.141. The van der Waals surface area contributed by atoms with Crippen LogP contribution in [-0.2, 0) is 4.79 Å². The summed E-state index contributed by atoms with van der Waals surface area (Å²) in [6.45, 7) is 3.82. The van der Waals surface area contributed by atoms with E-state index in [1.54, 1.807) is 6.92 Å². The van der Waals surface area contributed by atoms with Crippen LogP contribution in [-0.4, -0.2) is 35.0 Å². The van der Waals surface area contributed by atoms with E-state index in [0.29, 0.717) is 16.6 Å². The van der Waals surface area contributed by atoms with Crippen molar-refractivity contribution in [3.05, 3.63) is 34.1 Å². The lowest BCUT2D eigenvalue weighted by Gasteiger charge is -2.23. The molecule has 1 N–H and O–H groups in total. The molecule has 1 rings (SSSR count). The van der Waals surface area contributed by atoms with E-state index >= 15 is 0 Å². The van der Waals surface area contributed by atoms with Gasteiger partial charge in [-0.15, -0.1) is 0 Å². The number of hydrogen-bond acceptors (Lipinski definition) is 2. The summed E-state index contributed by atoms with van der Waals surface area (Å²) in [5.74, 6) is -2.36. The Hall–Kier alpha value is -1.43. The first-order valence-corrected chi connectivity index (χ1v) is 6.63. The van der Waals surface area contributed by atoms with Gasteiger partial charge in [0.2, 0.25) is 0 Å². The highest BCUT2D eigenvalue weighted by Gasteiger charge is 2.21. The third-order valence-electron chi connectivity index (χ3n) is 2.75. The summed E-state index contributed by atoms with van der Waals surface area (Å²) in [6.07, 6.45) is 0. The summed E-state index contributed by atoms with van der Waals surface area (Å²) >= 11 is 3.14. The first-order valence-electron chi connectivity index (χ1n) is 5.84. The van der Waals surface area contributed by atoms with Gasteiger partial charge in [0.25, 0.3) is 5.91 Å². The summed E-state index contributed by atoms with van der Waals surface area (Å²) in [5, 5.41) is 8.87. The van der Waals surface area contributed by atoms with E-state index in [0.717, 1.165) is 0 Å². The number of carbonyl (C=O) groups is 2. The molecule has 0 fully saturated rings. The summed E-state index contributed by atoms with van der Waals surface area (Å²) in [5.41, 5.74) is 0.320. The van der Waals surface area contributed by atoms with Crippen molar-refractivity contribution in [2.24, 2.45) is 5.92 Å². The Balaban J connectivity index is 2.92. The summed E-state index contributed by atoms with van der Waals surface area (Å²) in [6, 6.07) is 3.80. The number of hydrogen-bond donors (Lipinski definition) is 1. The second kappa shape index (κ2) is 6.65. The maximum Gasteiger partial charge on any atom is 0.308 e. The van der Waals surface area contributed by atoms with Crippen molar-refractivity contribution in [2.45, 2.75) is 13.8 Å². The molecule has 6 heteroatoms. The van der Waals surface area contributed by atoms with Crippen LogP contribution in [0.5, 0.6) is 0 Å². The van der Waals surface area contributed by atoms with E-state index in [1.807, 2.05) is 0 Å². The number of carbonyl (C=O) groups excluding carboxylic acids is 1. The van der Waals surface area contributed by atoms with Gasteiger partial charge < -0.3 is 10.0 Å². The quantitative estimate of drug-likeness (QED) is 0.902. The van der Waals surface area contributed by atoms with Crippen molar-refractivity contribution in [2.75, 3.05) is 13.1 Å². The Morgan fingerprint density at radius 3 is 2.58 bits per heavy atom. The number of nitrogens with zero attached hydrogens (tertiary/aromatic N) is 1. The van der Waals surface area contributed by atoms with E-state index in [4.69, 9.17) is 5.11 Å². The average molecular weight is 332 g/mol. The zero-order valence-electron chi connectivity index (χ0n) is 10.7. The molecule has 0 radical (unpaired) electrons. The number of benzene rings is 1. The molecule has 4 nitrogen and oxygen atoms in total.